The Hall–Kier alpha value is -7.22. The Kier molecular flexibility index (Phi) is 13.6. The molecule has 20 nitrogen and oxygen atoms in total. The molecular formula is C37H41N11O9. The van der Waals surface area contributed by atoms with Crippen LogP contribution in [-0.2, 0) is 20.9 Å². The number of unbranched alkanes of at least 4 members (excludes halogenated alkanes) is 2. The molecule has 0 saturated carbocycles. The number of amides is 4. The van der Waals surface area contributed by atoms with Crippen LogP contribution in [0.1, 0.15) is 75.3 Å². The number of rotatable bonds is 19. The fourth-order valence-electron chi connectivity index (χ4n) is 5.81. The van der Waals surface area contributed by atoms with Gasteiger partial charge in [0.05, 0.1) is 29.6 Å². The molecule has 2 atom stereocenters. The van der Waals surface area contributed by atoms with E-state index in [1.165, 1.54) is 53.6 Å². The first-order valence-corrected chi connectivity index (χ1v) is 17.8. The van der Waals surface area contributed by atoms with Crippen LogP contribution >= 0.6 is 0 Å². The van der Waals surface area contributed by atoms with E-state index in [4.69, 9.17) is 11.5 Å². The van der Waals surface area contributed by atoms with Gasteiger partial charge < -0.3 is 53.0 Å². The van der Waals surface area contributed by atoms with E-state index in [-0.39, 0.29) is 84.0 Å². The minimum atomic E-state index is -1.39. The van der Waals surface area contributed by atoms with Crippen LogP contribution in [0.4, 0.5) is 23.1 Å². The van der Waals surface area contributed by atoms with Crippen LogP contribution in [0.3, 0.4) is 0 Å². The largest absolute Gasteiger partial charge is 0.480 e. The lowest BCUT2D eigenvalue weighted by Gasteiger charge is -2.20. The number of nitrogens with two attached hydrogens (primary N) is 2. The quantitative estimate of drug-likeness (QED) is 0.0609. The van der Waals surface area contributed by atoms with E-state index in [1.54, 1.807) is 12.1 Å². The van der Waals surface area contributed by atoms with Crippen molar-refractivity contribution in [2.45, 2.75) is 57.3 Å². The fourth-order valence-corrected chi connectivity index (χ4v) is 5.81. The predicted molar refractivity (Wildman–Crippen MR) is 206 cm³/mol. The van der Waals surface area contributed by atoms with E-state index in [0.29, 0.717) is 42.7 Å². The van der Waals surface area contributed by atoms with Gasteiger partial charge in [0.25, 0.3) is 11.8 Å². The van der Waals surface area contributed by atoms with Gasteiger partial charge in [0, 0.05) is 42.5 Å². The number of aromatic nitrogens is 4. The van der Waals surface area contributed by atoms with Crippen molar-refractivity contribution in [3.05, 3.63) is 83.2 Å². The third-order valence-corrected chi connectivity index (χ3v) is 8.77. The number of hydrogen-bond donors (Lipinski definition) is 9. The van der Waals surface area contributed by atoms with Crippen molar-refractivity contribution in [3.63, 3.8) is 0 Å². The van der Waals surface area contributed by atoms with Crippen molar-refractivity contribution < 1.29 is 44.1 Å². The third-order valence-electron chi connectivity index (χ3n) is 8.77. The number of nitrogens with zero attached hydrogens (tertiary/aromatic N) is 5. The maximum Gasteiger partial charge on any atom is 0.336 e. The summed E-state index contributed by atoms with van der Waals surface area (Å²) in [5.41, 5.74) is 13.1. The van der Waals surface area contributed by atoms with Crippen LogP contribution in [0.25, 0.3) is 11.2 Å². The van der Waals surface area contributed by atoms with Crippen molar-refractivity contribution in [1.82, 2.24) is 35.5 Å². The van der Waals surface area contributed by atoms with E-state index in [2.05, 4.69) is 41.2 Å². The van der Waals surface area contributed by atoms with E-state index in [9.17, 15) is 44.1 Å². The molecule has 1 aliphatic heterocycles. The van der Waals surface area contributed by atoms with Gasteiger partial charge in [-0.2, -0.15) is 9.97 Å². The topological polar surface area (TPSA) is 318 Å². The molecule has 0 radical (unpaired) electrons. The first kappa shape index (κ1) is 41.0. The molecule has 0 bridgehead atoms. The Bertz CT molecular complexity index is 2200. The van der Waals surface area contributed by atoms with Gasteiger partial charge in [-0.05, 0) is 74.2 Å². The fraction of sp³-hybridized carbons (Fsp3) is 0.297. The first-order valence-electron chi connectivity index (χ1n) is 17.8. The summed E-state index contributed by atoms with van der Waals surface area (Å²) in [6, 6.07) is 8.86. The SMILES string of the molecule is Nc1nc(N)c2nc(CNc3ccc(C(=O)N[C@@H](CCCNC(=O)c4ccc(NC(=O)CCCCCN5C(=O)C=CC5O)cc4C(=O)O)C(=O)O)cc3)cnc2n1. The highest BCUT2D eigenvalue weighted by molar-refractivity contribution is 6.06. The molecule has 3 heterocycles. The van der Waals surface area contributed by atoms with Crippen LogP contribution in [0.2, 0.25) is 0 Å². The molecule has 0 saturated heterocycles. The number of aliphatic carboxylic acids is 1. The molecule has 2 aromatic carbocycles. The smallest absolute Gasteiger partial charge is 0.336 e. The normalized spacial score (nSPS) is 13.9. The Morgan fingerprint density at radius 1 is 0.877 bits per heavy atom. The number of nitrogens with one attached hydrogen (secondary N) is 4. The molecule has 11 N–H and O–H groups in total. The average molecular weight is 784 g/mol. The molecule has 20 heteroatoms. The molecule has 1 aliphatic rings. The number of carbonyl (C=O) groups is 6. The summed E-state index contributed by atoms with van der Waals surface area (Å²) in [7, 11) is 0. The van der Waals surface area contributed by atoms with Crippen molar-refractivity contribution in [2.75, 3.05) is 35.2 Å². The number of carbonyl (C=O) groups excluding carboxylic acids is 4. The molecule has 57 heavy (non-hydrogen) atoms. The van der Waals surface area contributed by atoms with Gasteiger partial charge in [-0.15, -0.1) is 0 Å². The highest BCUT2D eigenvalue weighted by Crippen LogP contribution is 2.19. The minimum absolute atomic E-state index is 0.0124. The number of carboxylic acid groups (broad SMARTS) is 2. The van der Waals surface area contributed by atoms with Crippen molar-refractivity contribution >= 4 is 69.9 Å². The van der Waals surface area contributed by atoms with Crippen LogP contribution in [0, 0.1) is 0 Å². The van der Waals surface area contributed by atoms with Gasteiger partial charge in [0.1, 0.15) is 12.3 Å². The highest BCUT2D eigenvalue weighted by atomic mass is 16.4. The number of aromatic carboxylic acids is 1. The highest BCUT2D eigenvalue weighted by Gasteiger charge is 2.24. The third kappa shape index (κ3) is 11.2. The van der Waals surface area contributed by atoms with Crippen LogP contribution < -0.4 is 32.7 Å². The van der Waals surface area contributed by atoms with Gasteiger partial charge in [-0.1, -0.05) is 6.42 Å². The number of aliphatic hydroxyl groups excluding tert-OH is 1. The number of nitrogen functional groups attached to an aromatic ring is 2. The molecule has 2 aromatic heterocycles. The van der Waals surface area contributed by atoms with Gasteiger partial charge >= 0.3 is 11.9 Å². The van der Waals surface area contributed by atoms with E-state index in [1.807, 2.05) is 0 Å². The monoisotopic (exact) mass is 783 g/mol. The van der Waals surface area contributed by atoms with E-state index >= 15 is 0 Å². The Balaban J connectivity index is 1.04. The number of fused-ring (bicyclic) bond motifs is 1. The molecule has 0 fully saturated rings. The van der Waals surface area contributed by atoms with E-state index < -0.39 is 36.0 Å². The lowest BCUT2D eigenvalue weighted by atomic mass is 10.1. The lowest BCUT2D eigenvalue weighted by molar-refractivity contribution is -0.139. The maximum atomic E-state index is 12.9. The molecule has 4 aromatic rings. The number of anilines is 4. The Morgan fingerprint density at radius 3 is 2.33 bits per heavy atom. The molecular weight excluding hydrogens is 742 g/mol. The van der Waals surface area contributed by atoms with Crippen molar-refractivity contribution in [1.29, 1.82) is 0 Å². The molecule has 5 rings (SSSR count). The zero-order valence-corrected chi connectivity index (χ0v) is 30.5. The summed E-state index contributed by atoms with van der Waals surface area (Å²) in [5, 5.41) is 40.0. The standard InChI is InChI=1S/C37H41N11O9/c38-31-30-32(47-37(39)46-31)42-19-23(44-30)18-41-21-9-7-20(8-10-21)33(52)45-26(36(56)57)5-4-15-40-34(53)24-12-11-22(17-25(24)35(54)55)43-27(49)6-2-1-3-16-48-28(50)13-14-29(48)51/h7-14,17,19,26,28,41,50H,1-6,15-16,18H2,(H,40,53)(H,43,49)(H,45,52)(H,54,55)(H,56,57)(H4,38,39,42,46,47)/t26-,28?/m0/s1. The molecule has 0 aliphatic carbocycles. The summed E-state index contributed by atoms with van der Waals surface area (Å²) < 4.78 is 0. The van der Waals surface area contributed by atoms with Gasteiger partial charge in [-0.25, -0.2) is 19.6 Å². The van der Waals surface area contributed by atoms with Gasteiger partial charge in [0.2, 0.25) is 17.8 Å². The second-order valence-corrected chi connectivity index (χ2v) is 12.9. The molecule has 298 valence electrons. The summed E-state index contributed by atoms with van der Waals surface area (Å²) >= 11 is 0. The molecule has 4 amide bonds. The first-order chi connectivity index (χ1) is 27.3. The van der Waals surface area contributed by atoms with Crippen LogP contribution in [-0.4, -0.2) is 101 Å². The summed E-state index contributed by atoms with van der Waals surface area (Å²) in [5.74, 6) is -4.56. The molecule has 1 unspecified atom stereocenters. The summed E-state index contributed by atoms with van der Waals surface area (Å²) in [6.45, 7) is 0.590. The second-order valence-electron chi connectivity index (χ2n) is 12.9. The number of aliphatic hydroxyl groups is 1. The number of hydrogen-bond acceptors (Lipinski definition) is 14. The second kappa shape index (κ2) is 18.9. The Morgan fingerprint density at radius 2 is 1.63 bits per heavy atom. The zero-order chi connectivity index (χ0) is 41.1. The average Bonchev–Trinajstić information content (AvgIpc) is 3.50. The number of benzene rings is 2. The van der Waals surface area contributed by atoms with E-state index in [0.717, 1.165) is 0 Å². The Labute approximate surface area is 324 Å². The van der Waals surface area contributed by atoms with Gasteiger partial charge in [-0.3, -0.25) is 19.2 Å². The number of carboxylic acids is 2. The minimum Gasteiger partial charge on any atom is -0.480 e. The van der Waals surface area contributed by atoms with Crippen molar-refractivity contribution in [2.24, 2.45) is 0 Å². The summed E-state index contributed by atoms with van der Waals surface area (Å²) in [4.78, 5) is 91.6. The lowest BCUT2D eigenvalue weighted by Crippen LogP contribution is -2.41. The zero-order valence-electron chi connectivity index (χ0n) is 30.5. The van der Waals surface area contributed by atoms with Crippen LogP contribution in [0.15, 0.2) is 60.8 Å². The molecule has 0 spiro atoms. The van der Waals surface area contributed by atoms with Crippen molar-refractivity contribution in [3.8, 4) is 0 Å². The van der Waals surface area contributed by atoms with Crippen LogP contribution in [0.5, 0.6) is 0 Å². The van der Waals surface area contributed by atoms with Gasteiger partial charge in [0.15, 0.2) is 17.0 Å². The maximum absolute atomic E-state index is 12.9. The summed E-state index contributed by atoms with van der Waals surface area (Å²) in [6.07, 6.45) is 5.21. The predicted octanol–water partition coefficient (Wildman–Crippen LogP) is 1.50.